The molecule has 0 spiro atoms. The smallest absolute Gasteiger partial charge is 0.345 e. The van der Waals surface area contributed by atoms with Gasteiger partial charge in [-0.3, -0.25) is 10.1 Å². The third-order valence-electron chi connectivity index (χ3n) is 4.15. The zero-order valence-electron chi connectivity index (χ0n) is 14.0. The second-order valence-electron chi connectivity index (χ2n) is 5.95. The molecule has 4 aromatic rings. The zero-order chi connectivity index (χ0) is 18.8. The molecule has 2 aromatic heterocycles. The number of fused-ring (bicyclic) bond motifs is 1. The lowest BCUT2D eigenvalue weighted by molar-refractivity contribution is -0.385. The van der Waals surface area contributed by atoms with Crippen LogP contribution in [0.4, 0.5) is 5.69 Å². The molecule has 0 radical (unpaired) electrons. The highest BCUT2D eigenvalue weighted by molar-refractivity contribution is 5.85. The second-order valence-corrected chi connectivity index (χ2v) is 5.95. The van der Waals surface area contributed by atoms with Crippen LogP contribution in [0.5, 0.6) is 0 Å². The number of aromatic nitrogens is 3. The molecule has 0 aliphatic rings. The zero-order valence-corrected chi connectivity index (χ0v) is 14.0. The number of nitro groups is 1. The van der Waals surface area contributed by atoms with E-state index in [-0.39, 0.29) is 5.69 Å². The topological polar surface area (TPSA) is 105 Å². The standard InChI is InChI=1S/C20H14N4O3/c25-20-21-15(10-9-13-5-2-4-8-19(13)24(26)27)12-18(23-20)17-11-14-6-1-3-7-16(14)22-17/h1-12,22H,(H,21,23,25). The SMILES string of the molecule is O=c1nc(-c2cc3ccccc3[nH]2)cc(C=Cc2ccccc2[N+](=O)[O-])[nH]1. The number of H-pyrrole nitrogens is 2. The summed E-state index contributed by atoms with van der Waals surface area (Å²) in [4.78, 5) is 32.5. The third kappa shape index (κ3) is 3.38. The Morgan fingerprint density at radius 2 is 1.74 bits per heavy atom. The van der Waals surface area contributed by atoms with Crippen molar-refractivity contribution in [2.45, 2.75) is 0 Å². The average molecular weight is 358 g/mol. The first-order valence-corrected chi connectivity index (χ1v) is 8.21. The Morgan fingerprint density at radius 3 is 2.56 bits per heavy atom. The van der Waals surface area contributed by atoms with Gasteiger partial charge in [0.15, 0.2) is 0 Å². The predicted octanol–water partition coefficient (Wildman–Crippen LogP) is 4.00. The number of benzene rings is 2. The molecule has 0 unspecified atom stereocenters. The third-order valence-corrected chi connectivity index (χ3v) is 4.15. The fourth-order valence-electron chi connectivity index (χ4n) is 2.89. The summed E-state index contributed by atoms with van der Waals surface area (Å²) in [5.74, 6) is 0. The molecule has 2 aromatic carbocycles. The van der Waals surface area contributed by atoms with Gasteiger partial charge in [0.1, 0.15) is 0 Å². The van der Waals surface area contributed by atoms with Crippen molar-refractivity contribution in [3.8, 4) is 11.4 Å². The Balaban J connectivity index is 1.73. The first-order valence-electron chi connectivity index (χ1n) is 8.21. The number of nitrogens with one attached hydrogen (secondary N) is 2. The van der Waals surface area contributed by atoms with E-state index >= 15 is 0 Å². The van der Waals surface area contributed by atoms with E-state index in [0.29, 0.717) is 17.0 Å². The van der Waals surface area contributed by atoms with Crippen LogP contribution in [0.3, 0.4) is 0 Å². The Labute approximate surface area is 153 Å². The van der Waals surface area contributed by atoms with Crippen LogP contribution in [0, 0.1) is 10.1 Å². The van der Waals surface area contributed by atoms with Gasteiger partial charge in [-0.1, -0.05) is 30.3 Å². The minimum absolute atomic E-state index is 0.000920. The molecule has 0 amide bonds. The van der Waals surface area contributed by atoms with Crippen LogP contribution in [0.2, 0.25) is 0 Å². The van der Waals surface area contributed by atoms with Gasteiger partial charge in [0.05, 0.1) is 21.9 Å². The highest BCUT2D eigenvalue weighted by Gasteiger charge is 2.10. The molecule has 7 nitrogen and oxygen atoms in total. The van der Waals surface area contributed by atoms with Gasteiger partial charge in [-0.05, 0) is 36.4 Å². The fraction of sp³-hybridized carbons (Fsp3) is 0. The molecule has 4 rings (SSSR count). The van der Waals surface area contributed by atoms with Gasteiger partial charge in [-0.25, -0.2) is 4.79 Å². The summed E-state index contributed by atoms with van der Waals surface area (Å²) in [5.41, 5.74) is 2.63. The Hall–Kier alpha value is -4.00. The molecule has 0 atom stereocenters. The number of rotatable bonds is 4. The van der Waals surface area contributed by atoms with Gasteiger partial charge in [0, 0.05) is 22.7 Å². The van der Waals surface area contributed by atoms with E-state index in [1.807, 2.05) is 30.3 Å². The summed E-state index contributed by atoms with van der Waals surface area (Å²) >= 11 is 0. The van der Waals surface area contributed by atoms with Gasteiger partial charge in [-0.2, -0.15) is 4.98 Å². The van der Waals surface area contributed by atoms with Crippen LogP contribution in [0.1, 0.15) is 11.3 Å². The van der Waals surface area contributed by atoms with Crippen molar-refractivity contribution in [1.29, 1.82) is 0 Å². The summed E-state index contributed by atoms with van der Waals surface area (Å²) in [6.07, 6.45) is 3.22. The van der Waals surface area contributed by atoms with Crippen molar-refractivity contribution in [1.82, 2.24) is 15.0 Å². The van der Waals surface area contributed by atoms with Gasteiger partial charge < -0.3 is 9.97 Å². The van der Waals surface area contributed by atoms with E-state index in [1.165, 1.54) is 6.07 Å². The molecular weight excluding hydrogens is 344 g/mol. The van der Waals surface area contributed by atoms with E-state index in [9.17, 15) is 14.9 Å². The molecule has 2 N–H and O–H groups in total. The quantitative estimate of drug-likeness (QED) is 0.425. The van der Waals surface area contributed by atoms with E-state index in [0.717, 1.165) is 16.6 Å². The maximum atomic E-state index is 12.0. The average Bonchev–Trinajstić information content (AvgIpc) is 3.10. The van der Waals surface area contributed by atoms with Crippen LogP contribution >= 0.6 is 0 Å². The second kappa shape index (κ2) is 6.72. The van der Waals surface area contributed by atoms with E-state index in [4.69, 9.17) is 0 Å². The molecular formula is C20H14N4O3. The molecule has 0 saturated carbocycles. The number of hydrogen-bond donors (Lipinski definition) is 2. The lowest BCUT2D eigenvalue weighted by atomic mass is 10.1. The van der Waals surface area contributed by atoms with Gasteiger partial charge in [0.2, 0.25) is 0 Å². The summed E-state index contributed by atoms with van der Waals surface area (Å²) in [6, 6.07) is 17.8. The van der Waals surface area contributed by atoms with Crippen molar-refractivity contribution in [3.05, 3.63) is 92.5 Å². The normalized spacial score (nSPS) is 11.3. The Bertz CT molecular complexity index is 1200. The number of hydrogen-bond acceptors (Lipinski definition) is 4. The van der Waals surface area contributed by atoms with Crippen molar-refractivity contribution in [2.24, 2.45) is 0 Å². The van der Waals surface area contributed by atoms with Crippen LogP contribution in [-0.4, -0.2) is 19.9 Å². The Kier molecular flexibility index (Phi) is 4.10. The predicted molar refractivity (Wildman–Crippen MR) is 104 cm³/mol. The number of nitrogens with zero attached hydrogens (tertiary/aromatic N) is 2. The molecule has 2 heterocycles. The number of para-hydroxylation sites is 2. The highest BCUT2D eigenvalue weighted by atomic mass is 16.6. The van der Waals surface area contributed by atoms with Crippen molar-refractivity contribution in [3.63, 3.8) is 0 Å². The molecule has 0 fully saturated rings. The molecule has 0 saturated heterocycles. The Morgan fingerprint density at radius 1 is 0.963 bits per heavy atom. The summed E-state index contributed by atoms with van der Waals surface area (Å²) in [6.45, 7) is 0. The molecule has 132 valence electrons. The molecule has 7 heteroatoms. The van der Waals surface area contributed by atoms with Crippen molar-refractivity contribution in [2.75, 3.05) is 0 Å². The van der Waals surface area contributed by atoms with Gasteiger partial charge >= 0.3 is 5.69 Å². The van der Waals surface area contributed by atoms with Crippen molar-refractivity contribution >= 4 is 28.7 Å². The monoisotopic (exact) mass is 358 g/mol. The summed E-state index contributed by atoms with van der Waals surface area (Å²) in [7, 11) is 0. The van der Waals surface area contributed by atoms with E-state index in [1.54, 1.807) is 36.4 Å². The fourth-order valence-corrected chi connectivity index (χ4v) is 2.89. The maximum absolute atomic E-state index is 12.0. The van der Waals surface area contributed by atoms with Crippen LogP contribution < -0.4 is 5.69 Å². The minimum Gasteiger partial charge on any atom is -0.353 e. The van der Waals surface area contributed by atoms with Crippen LogP contribution in [-0.2, 0) is 0 Å². The number of aromatic amines is 2. The lowest BCUT2D eigenvalue weighted by Gasteiger charge is -2.00. The molecule has 0 aliphatic heterocycles. The number of nitro benzene ring substituents is 1. The largest absolute Gasteiger partial charge is 0.353 e. The van der Waals surface area contributed by atoms with Gasteiger partial charge in [-0.15, -0.1) is 0 Å². The van der Waals surface area contributed by atoms with E-state index < -0.39 is 10.6 Å². The van der Waals surface area contributed by atoms with Crippen molar-refractivity contribution < 1.29 is 4.92 Å². The molecule has 0 bridgehead atoms. The molecule has 27 heavy (non-hydrogen) atoms. The summed E-state index contributed by atoms with van der Waals surface area (Å²) in [5, 5.41) is 12.1. The summed E-state index contributed by atoms with van der Waals surface area (Å²) < 4.78 is 0. The van der Waals surface area contributed by atoms with E-state index in [2.05, 4.69) is 15.0 Å². The molecule has 0 aliphatic carbocycles. The maximum Gasteiger partial charge on any atom is 0.345 e. The van der Waals surface area contributed by atoms with Crippen LogP contribution in [0.15, 0.2) is 65.5 Å². The lowest BCUT2D eigenvalue weighted by Crippen LogP contribution is -2.12. The first kappa shape index (κ1) is 16.5. The minimum atomic E-state index is -0.492. The van der Waals surface area contributed by atoms with Crippen LogP contribution in [0.25, 0.3) is 34.4 Å². The first-order chi connectivity index (χ1) is 13.1. The van der Waals surface area contributed by atoms with Gasteiger partial charge in [0.25, 0.3) is 5.69 Å². The highest BCUT2D eigenvalue weighted by Crippen LogP contribution is 2.23.